The Hall–Kier alpha value is -0.380. The largest absolute Gasteiger partial charge is 0.322 e. The molecule has 2 nitrogen and oxygen atoms in total. The predicted octanol–water partition coefficient (Wildman–Crippen LogP) is 3.71. The van der Waals surface area contributed by atoms with Crippen LogP contribution in [0.15, 0.2) is 12.1 Å². The van der Waals surface area contributed by atoms with Crippen LogP contribution in [0.25, 0.3) is 0 Å². The lowest BCUT2D eigenvalue weighted by Crippen LogP contribution is -2.54. The maximum atomic E-state index is 6.60. The van der Waals surface area contributed by atoms with Crippen LogP contribution in [0.2, 0.25) is 0 Å². The number of aryl methyl sites for hydroxylation is 1. The van der Waals surface area contributed by atoms with Gasteiger partial charge in [-0.25, -0.2) is 0 Å². The smallest absolute Gasteiger partial charge is 0.0574 e. The van der Waals surface area contributed by atoms with Crippen LogP contribution < -0.4 is 5.73 Å². The molecule has 1 aliphatic rings. The van der Waals surface area contributed by atoms with Gasteiger partial charge in [0.1, 0.15) is 0 Å². The summed E-state index contributed by atoms with van der Waals surface area (Å²) >= 11 is 1.85. The summed E-state index contributed by atoms with van der Waals surface area (Å²) in [5.74, 6) is 0. The van der Waals surface area contributed by atoms with Gasteiger partial charge in [-0.05, 0) is 58.3 Å². The molecule has 1 aromatic rings. The lowest BCUT2D eigenvalue weighted by atomic mass is 9.85. The fourth-order valence-electron chi connectivity index (χ4n) is 2.97. The summed E-state index contributed by atoms with van der Waals surface area (Å²) in [6.45, 7) is 9.20. The molecule has 0 radical (unpaired) electrons. The van der Waals surface area contributed by atoms with E-state index in [0.29, 0.717) is 0 Å². The Labute approximate surface area is 115 Å². The summed E-state index contributed by atoms with van der Waals surface area (Å²) < 4.78 is 0. The first-order valence-electron chi connectivity index (χ1n) is 7.15. The second kappa shape index (κ2) is 5.72. The molecule has 2 rings (SSSR count). The minimum Gasteiger partial charge on any atom is -0.322 e. The molecule has 0 aromatic carbocycles. The Bertz CT molecular complexity index is 382. The number of piperidine rings is 1. The van der Waals surface area contributed by atoms with Crippen molar-refractivity contribution in [3.05, 3.63) is 21.9 Å². The fraction of sp³-hybridized carbons (Fsp3) is 0.733. The maximum absolute atomic E-state index is 6.60. The highest BCUT2D eigenvalue weighted by molar-refractivity contribution is 7.12. The van der Waals surface area contributed by atoms with E-state index in [0.717, 1.165) is 6.42 Å². The third-order valence-corrected chi connectivity index (χ3v) is 5.62. The molecule has 0 spiro atoms. The zero-order chi connectivity index (χ0) is 13.2. The van der Waals surface area contributed by atoms with Crippen LogP contribution in [-0.2, 0) is 0 Å². The van der Waals surface area contributed by atoms with Crippen molar-refractivity contribution in [3.8, 4) is 0 Å². The molecular formula is C15H26N2S. The van der Waals surface area contributed by atoms with Crippen molar-refractivity contribution in [3.63, 3.8) is 0 Å². The quantitative estimate of drug-likeness (QED) is 0.900. The predicted molar refractivity (Wildman–Crippen MR) is 80.1 cm³/mol. The number of likely N-dealkylation sites (tertiary alicyclic amines) is 1. The molecule has 0 aliphatic carbocycles. The van der Waals surface area contributed by atoms with Gasteiger partial charge in [0.25, 0.3) is 0 Å². The van der Waals surface area contributed by atoms with Crippen molar-refractivity contribution in [2.75, 3.05) is 13.1 Å². The van der Waals surface area contributed by atoms with E-state index in [9.17, 15) is 0 Å². The minimum atomic E-state index is 0.109. The standard InChI is InChI=1S/C15H26N2S/c1-4-15(3,17-10-6-5-7-11-17)14(16)13-9-8-12(2)18-13/h8-9,14H,4-7,10-11,16H2,1-3H3. The monoisotopic (exact) mass is 266 g/mol. The Morgan fingerprint density at radius 3 is 2.50 bits per heavy atom. The van der Waals surface area contributed by atoms with Crippen LogP contribution >= 0.6 is 11.3 Å². The van der Waals surface area contributed by atoms with Crippen LogP contribution in [0.5, 0.6) is 0 Å². The Morgan fingerprint density at radius 2 is 2.00 bits per heavy atom. The normalized spacial score (nSPS) is 22.7. The molecule has 2 heterocycles. The van der Waals surface area contributed by atoms with Crippen LogP contribution in [0.3, 0.4) is 0 Å². The van der Waals surface area contributed by atoms with Crippen molar-refractivity contribution >= 4 is 11.3 Å². The third-order valence-electron chi connectivity index (χ3n) is 4.53. The summed E-state index contributed by atoms with van der Waals surface area (Å²) in [7, 11) is 0. The van der Waals surface area contributed by atoms with Crippen LogP contribution in [-0.4, -0.2) is 23.5 Å². The molecular weight excluding hydrogens is 240 g/mol. The first kappa shape index (κ1) is 14.0. The first-order valence-corrected chi connectivity index (χ1v) is 7.96. The number of hydrogen-bond acceptors (Lipinski definition) is 3. The molecule has 0 bridgehead atoms. The fourth-order valence-corrected chi connectivity index (χ4v) is 4.00. The van der Waals surface area contributed by atoms with E-state index in [1.54, 1.807) is 0 Å². The van der Waals surface area contributed by atoms with Gasteiger partial charge in [0.05, 0.1) is 6.04 Å². The van der Waals surface area contributed by atoms with E-state index in [4.69, 9.17) is 5.73 Å². The van der Waals surface area contributed by atoms with Crippen molar-refractivity contribution in [2.24, 2.45) is 5.73 Å². The van der Waals surface area contributed by atoms with Crippen LogP contribution in [0, 0.1) is 6.92 Å². The van der Waals surface area contributed by atoms with E-state index < -0.39 is 0 Å². The Kier molecular flexibility index (Phi) is 4.46. The number of rotatable bonds is 4. The number of hydrogen-bond donors (Lipinski definition) is 1. The van der Waals surface area contributed by atoms with Gasteiger partial charge in [0, 0.05) is 15.3 Å². The molecule has 2 N–H and O–H groups in total. The SMILES string of the molecule is CCC(C)(C(N)c1ccc(C)s1)N1CCCCC1. The highest BCUT2D eigenvalue weighted by Gasteiger charge is 2.38. The summed E-state index contributed by atoms with van der Waals surface area (Å²) in [6, 6.07) is 4.54. The Balaban J connectivity index is 2.19. The summed E-state index contributed by atoms with van der Waals surface area (Å²) in [5.41, 5.74) is 6.71. The van der Waals surface area contributed by atoms with Gasteiger partial charge >= 0.3 is 0 Å². The van der Waals surface area contributed by atoms with E-state index >= 15 is 0 Å². The highest BCUT2D eigenvalue weighted by atomic mass is 32.1. The van der Waals surface area contributed by atoms with E-state index in [1.165, 1.54) is 42.1 Å². The number of nitrogens with two attached hydrogens (primary N) is 1. The third kappa shape index (κ3) is 2.63. The molecule has 102 valence electrons. The molecule has 1 aromatic heterocycles. The highest BCUT2D eigenvalue weighted by Crippen LogP contribution is 2.36. The van der Waals surface area contributed by atoms with E-state index in [-0.39, 0.29) is 11.6 Å². The summed E-state index contributed by atoms with van der Waals surface area (Å²) in [6.07, 6.45) is 5.15. The summed E-state index contributed by atoms with van der Waals surface area (Å²) in [5, 5.41) is 0. The molecule has 1 fully saturated rings. The van der Waals surface area contributed by atoms with E-state index in [2.05, 4.69) is 37.8 Å². The van der Waals surface area contributed by atoms with E-state index in [1.807, 2.05) is 11.3 Å². The van der Waals surface area contributed by atoms with Gasteiger partial charge in [0.15, 0.2) is 0 Å². The van der Waals surface area contributed by atoms with Crippen molar-refractivity contribution in [1.82, 2.24) is 4.90 Å². The number of thiophene rings is 1. The molecule has 2 atom stereocenters. The van der Waals surface area contributed by atoms with Crippen molar-refractivity contribution < 1.29 is 0 Å². The van der Waals surface area contributed by atoms with Crippen LogP contribution in [0.4, 0.5) is 0 Å². The molecule has 3 heteroatoms. The van der Waals surface area contributed by atoms with Crippen molar-refractivity contribution in [2.45, 2.75) is 58.0 Å². The van der Waals surface area contributed by atoms with Gasteiger partial charge in [-0.2, -0.15) is 0 Å². The average Bonchev–Trinajstić information content (AvgIpc) is 2.84. The van der Waals surface area contributed by atoms with Crippen molar-refractivity contribution in [1.29, 1.82) is 0 Å². The summed E-state index contributed by atoms with van der Waals surface area (Å²) in [4.78, 5) is 5.32. The maximum Gasteiger partial charge on any atom is 0.0574 e. The molecule has 2 unspecified atom stereocenters. The van der Waals surface area contributed by atoms with Gasteiger partial charge < -0.3 is 5.73 Å². The van der Waals surface area contributed by atoms with Gasteiger partial charge in [-0.15, -0.1) is 11.3 Å². The second-order valence-corrected chi connectivity index (χ2v) is 7.00. The van der Waals surface area contributed by atoms with Gasteiger partial charge in [-0.3, -0.25) is 4.90 Å². The Morgan fingerprint density at radius 1 is 1.33 bits per heavy atom. The first-order chi connectivity index (χ1) is 8.58. The van der Waals surface area contributed by atoms with Gasteiger partial charge in [-0.1, -0.05) is 13.3 Å². The molecule has 1 aliphatic heterocycles. The second-order valence-electron chi connectivity index (χ2n) is 5.68. The minimum absolute atomic E-state index is 0.109. The average molecular weight is 266 g/mol. The molecule has 18 heavy (non-hydrogen) atoms. The molecule has 0 amide bonds. The molecule has 0 saturated carbocycles. The zero-order valence-electron chi connectivity index (χ0n) is 11.9. The molecule has 1 saturated heterocycles. The van der Waals surface area contributed by atoms with Gasteiger partial charge in [0.2, 0.25) is 0 Å². The lowest BCUT2D eigenvalue weighted by Gasteiger charge is -2.46. The van der Waals surface area contributed by atoms with Crippen LogP contribution in [0.1, 0.15) is 55.3 Å². The zero-order valence-corrected chi connectivity index (χ0v) is 12.7. The number of nitrogens with zero attached hydrogens (tertiary/aromatic N) is 1. The topological polar surface area (TPSA) is 29.3 Å². The lowest BCUT2D eigenvalue weighted by molar-refractivity contribution is 0.0552.